The van der Waals surface area contributed by atoms with Crippen LogP contribution in [0.4, 0.5) is 0 Å². The third kappa shape index (κ3) is 2.68. The summed E-state index contributed by atoms with van der Waals surface area (Å²) in [5, 5.41) is 2.97. The van der Waals surface area contributed by atoms with E-state index in [1.54, 1.807) is 11.3 Å². The van der Waals surface area contributed by atoms with E-state index >= 15 is 0 Å². The number of carbonyl (C=O) groups excluding carboxylic acids is 1. The fourth-order valence-electron chi connectivity index (χ4n) is 2.37. The Balaban J connectivity index is 2.02. The highest BCUT2D eigenvalue weighted by atomic mass is 79.9. The zero-order valence-corrected chi connectivity index (χ0v) is 14.3. The molecule has 0 radical (unpaired) electrons. The number of benzene rings is 2. The first-order chi connectivity index (χ1) is 10.1. The molecule has 3 rings (SSSR count). The first-order valence-electron chi connectivity index (χ1n) is 6.88. The van der Waals surface area contributed by atoms with Gasteiger partial charge in [-0.2, -0.15) is 0 Å². The molecule has 1 aromatic heterocycles. The molecule has 1 nitrogen and oxygen atoms in total. The largest absolute Gasteiger partial charge is 0.289 e. The maximum atomic E-state index is 12.7. The summed E-state index contributed by atoms with van der Waals surface area (Å²) in [4.78, 5) is 12.7. The first kappa shape index (κ1) is 14.5. The molecule has 0 fully saturated rings. The van der Waals surface area contributed by atoms with Crippen LogP contribution in [0.25, 0.3) is 10.1 Å². The van der Waals surface area contributed by atoms with Crippen molar-refractivity contribution in [2.24, 2.45) is 0 Å². The van der Waals surface area contributed by atoms with E-state index in [9.17, 15) is 4.79 Å². The zero-order valence-electron chi connectivity index (χ0n) is 11.9. The summed E-state index contributed by atoms with van der Waals surface area (Å²) in [6.07, 6.45) is 0. The summed E-state index contributed by atoms with van der Waals surface area (Å²) in [7, 11) is 0. The van der Waals surface area contributed by atoms with E-state index in [1.807, 2.05) is 47.8 Å². The lowest BCUT2D eigenvalue weighted by Gasteiger charge is -2.06. The fourth-order valence-corrected chi connectivity index (χ4v) is 3.97. The molecule has 3 heteroatoms. The van der Waals surface area contributed by atoms with Crippen LogP contribution in [0.5, 0.6) is 0 Å². The number of halogens is 1. The van der Waals surface area contributed by atoms with Gasteiger partial charge in [-0.1, -0.05) is 50.2 Å². The standard InChI is InChI=1S/C18H15BrOS/c1-11(2)12-6-8-13(9-7-12)17(20)15-10-21-18-14(15)4-3-5-16(18)19/h3-11H,1-2H3. The van der Waals surface area contributed by atoms with Crippen molar-refractivity contribution < 1.29 is 4.79 Å². The van der Waals surface area contributed by atoms with Crippen molar-refractivity contribution in [1.29, 1.82) is 0 Å². The molecule has 0 unspecified atom stereocenters. The predicted octanol–water partition coefficient (Wildman–Crippen LogP) is 6.02. The normalized spacial score (nSPS) is 11.2. The number of ketones is 1. The van der Waals surface area contributed by atoms with Crippen molar-refractivity contribution in [3.8, 4) is 0 Å². The van der Waals surface area contributed by atoms with Crippen LogP contribution in [0.3, 0.4) is 0 Å². The Bertz CT molecular complexity index is 800. The molecule has 106 valence electrons. The Morgan fingerprint density at radius 1 is 1.10 bits per heavy atom. The predicted molar refractivity (Wildman–Crippen MR) is 93.5 cm³/mol. The van der Waals surface area contributed by atoms with Gasteiger partial charge in [0.05, 0.1) is 0 Å². The molecule has 0 aliphatic carbocycles. The summed E-state index contributed by atoms with van der Waals surface area (Å²) in [5.74, 6) is 0.571. The molecule has 0 spiro atoms. The molecule has 21 heavy (non-hydrogen) atoms. The molecule has 2 aromatic carbocycles. The Labute approximate surface area is 136 Å². The van der Waals surface area contributed by atoms with Crippen LogP contribution in [0, 0.1) is 0 Å². The molecular formula is C18H15BrOS. The van der Waals surface area contributed by atoms with E-state index in [2.05, 4.69) is 29.8 Å². The summed E-state index contributed by atoms with van der Waals surface area (Å²) in [6.45, 7) is 4.31. The molecule has 1 heterocycles. The molecule has 0 saturated heterocycles. The van der Waals surface area contributed by atoms with E-state index in [-0.39, 0.29) is 5.78 Å². The minimum absolute atomic E-state index is 0.0923. The van der Waals surface area contributed by atoms with Gasteiger partial charge in [0.25, 0.3) is 0 Å². The van der Waals surface area contributed by atoms with Crippen LogP contribution in [-0.2, 0) is 0 Å². The molecule has 3 aromatic rings. The quantitative estimate of drug-likeness (QED) is 0.523. The third-order valence-corrected chi connectivity index (χ3v) is 5.59. The second-order valence-corrected chi connectivity index (χ2v) is 7.11. The number of hydrogen-bond acceptors (Lipinski definition) is 2. The minimum atomic E-state index is 0.0923. The molecule has 0 bridgehead atoms. The summed E-state index contributed by atoms with van der Waals surface area (Å²) >= 11 is 5.14. The highest BCUT2D eigenvalue weighted by Gasteiger charge is 2.15. The van der Waals surface area contributed by atoms with Gasteiger partial charge in [0.1, 0.15) is 0 Å². The lowest BCUT2D eigenvalue weighted by Crippen LogP contribution is -2.00. The zero-order chi connectivity index (χ0) is 15.0. The van der Waals surface area contributed by atoms with Gasteiger partial charge in [-0.05, 0) is 33.5 Å². The van der Waals surface area contributed by atoms with Gasteiger partial charge in [0.2, 0.25) is 0 Å². The SMILES string of the molecule is CC(C)c1ccc(C(=O)c2csc3c(Br)cccc23)cc1. The smallest absolute Gasteiger partial charge is 0.194 e. The van der Waals surface area contributed by atoms with Crippen molar-refractivity contribution in [3.63, 3.8) is 0 Å². The van der Waals surface area contributed by atoms with Gasteiger partial charge >= 0.3 is 0 Å². The first-order valence-corrected chi connectivity index (χ1v) is 8.55. The van der Waals surface area contributed by atoms with Crippen LogP contribution >= 0.6 is 27.3 Å². The van der Waals surface area contributed by atoms with Crippen LogP contribution in [-0.4, -0.2) is 5.78 Å². The van der Waals surface area contributed by atoms with Crippen LogP contribution in [0.1, 0.15) is 41.3 Å². The number of fused-ring (bicyclic) bond motifs is 1. The van der Waals surface area contributed by atoms with Crippen LogP contribution < -0.4 is 0 Å². The maximum absolute atomic E-state index is 12.7. The molecular weight excluding hydrogens is 344 g/mol. The van der Waals surface area contributed by atoms with Crippen LogP contribution in [0.15, 0.2) is 52.3 Å². The van der Waals surface area contributed by atoms with E-state index < -0.39 is 0 Å². The van der Waals surface area contributed by atoms with Gasteiger partial charge in [0, 0.05) is 31.1 Å². The van der Waals surface area contributed by atoms with Crippen LogP contribution in [0.2, 0.25) is 0 Å². The molecule has 0 amide bonds. The van der Waals surface area contributed by atoms with E-state index in [0.717, 1.165) is 25.7 Å². The summed E-state index contributed by atoms with van der Waals surface area (Å²) in [6, 6.07) is 13.9. The molecule has 0 N–H and O–H groups in total. The Hall–Kier alpha value is -1.45. The van der Waals surface area contributed by atoms with Crippen molar-refractivity contribution in [1.82, 2.24) is 0 Å². The highest BCUT2D eigenvalue weighted by molar-refractivity contribution is 9.10. The second-order valence-electron chi connectivity index (χ2n) is 5.37. The van der Waals surface area contributed by atoms with Gasteiger partial charge in [0.15, 0.2) is 5.78 Å². The fraction of sp³-hybridized carbons (Fsp3) is 0.167. The van der Waals surface area contributed by atoms with Gasteiger partial charge in [-0.15, -0.1) is 11.3 Å². The maximum Gasteiger partial charge on any atom is 0.194 e. The monoisotopic (exact) mass is 358 g/mol. The third-order valence-electron chi connectivity index (χ3n) is 3.64. The minimum Gasteiger partial charge on any atom is -0.289 e. The Kier molecular flexibility index (Phi) is 3.96. The average molecular weight is 359 g/mol. The summed E-state index contributed by atoms with van der Waals surface area (Å²) < 4.78 is 2.17. The van der Waals surface area contributed by atoms with E-state index in [4.69, 9.17) is 0 Å². The topological polar surface area (TPSA) is 17.1 Å². The van der Waals surface area contributed by atoms with Gasteiger partial charge in [-0.3, -0.25) is 4.79 Å². The van der Waals surface area contributed by atoms with Crippen molar-refractivity contribution in [2.45, 2.75) is 19.8 Å². The lowest BCUT2D eigenvalue weighted by molar-refractivity contribution is 0.104. The van der Waals surface area contributed by atoms with Gasteiger partial charge < -0.3 is 0 Å². The Morgan fingerprint density at radius 3 is 2.48 bits per heavy atom. The number of rotatable bonds is 3. The number of carbonyl (C=O) groups is 1. The molecule has 0 saturated carbocycles. The van der Waals surface area contributed by atoms with Gasteiger partial charge in [-0.25, -0.2) is 0 Å². The number of hydrogen-bond donors (Lipinski definition) is 0. The number of thiophene rings is 1. The average Bonchev–Trinajstić information content (AvgIpc) is 2.92. The van der Waals surface area contributed by atoms with Crippen molar-refractivity contribution in [3.05, 3.63) is 69.0 Å². The lowest BCUT2D eigenvalue weighted by atomic mass is 9.98. The Morgan fingerprint density at radius 2 is 1.81 bits per heavy atom. The molecule has 0 aliphatic rings. The second kappa shape index (κ2) is 5.74. The van der Waals surface area contributed by atoms with E-state index in [1.165, 1.54) is 5.56 Å². The molecule has 0 atom stereocenters. The molecule has 0 aliphatic heterocycles. The van der Waals surface area contributed by atoms with Crippen molar-refractivity contribution in [2.75, 3.05) is 0 Å². The summed E-state index contributed by atoms with van der Waals surface area (Å²) in [5.41, 5.74) is 2.79. The van der Waals surface area contributed by atoms with Crippen molar-refractivity contribution >= 4 is 43.1 Å². The van der Waals surface area contributed by atoms with E-state index in [0.29, 0.717) is 5.92 Å². The highest BCUT2D eigenvalue weighted by Crippen LogP contribution is 2.33.